The summed E-state index contributed by atoms with van der Waals surface area (Å²) >= 11 is 0. The molecule has 0 saturated carbocycles. The molecule has 0 unspecified atom stereocenters. The van der Waals surface area contributed by atoms with E-state index in [4.69, 9.17) is 5.11 Å². The van der Waals surface area contributed by atoms with Crippen molar-refractivity contribution in [2.45, 2.75) is 70.8 Å². The van der Waals surface area contributed by atoms with Crippen molar-refractivity contribution in [2.24, 2.45) is 0 Å². The number of carbonyl (C=O) groups is 3. The SMILES string of the molecule is C=CC(=O)NCCCCCCCCCCC(=O)N[C@@H](C)C(=O)O. The van der Waals surface area contributed by atoms with Crippen molar-refractivity contribution in [2.75, 3.05) is 6.54 Å². The van der Waals surface area contributed by atoms with Gasteiger partial charge < -0.3 is 15.7 Å². The number of rotatable bonds is 14. The van der Waals surface area contributed by atoms with Crippen LogP contribution in [0.25, 0.3) is 0 Å². The summed E-state index contributed by atoms with van der Waals surface area (Å²) in [5, 5.41) is 13.9. The molecule has 0 aromatic rings. The first-order valence-corrected chi connectivity index (χ1v) is 8.39. The first kappa shape index (κ1) is 21.1. The summed E-state index contributed by atoms with van der Waals surface area (Å²) in [6.07, 6.45) is 10.1. The molecule has 0 aliphatic heterocycles. The Kier molecular flexibility index (Phi) is 12.7. The topological polar surface area (TPSA) is 95.5 Å². The molecule has 0 radical (unpaired) electrons. The molecular weight excluding hydrogens is 296 g/mol. The highest BCUT2D eigenvalue weighted by atomic mass is 16.4. The molecular formula is C17H30N2O4. The number of hydrogen-bond donors (Lipinski definition) is 3. The lowest BCUT2D eigenvalue weighted by atomic mass is 10.1. The summed E-state index contributed by atoms with van der Waals surface area (Å²) in [4.78, 5) is 32.9. The molecule has 0 fully saturated rings. The maximum atomic E-state index is 11.5. The fraction of sp³-hybridized carbons (Fsp3) is 0.706. The number of unbranched alkanes of at least 4 members (excludes halogenated alkanes) is 7. The number of carboxylic acid groups (broad SMARTS) is 1. The van der Waals surface area contributed by atoms with Gasteiger partial charge in [0.05, 0.1) is 0 Å². The standard InChI is InChI=1S/C17H30N2O4/c1-3-15(20)18-13-11-9-7-5-4-6-8-10-12-16(21)19-14(2)17(22)23/h3,14H,1,4-13H2,2H3,(H,18,20)(H,19,21)(H,22,23)/t14-/m0/s1. The third kappa shape index (κ3) is 13.5. The van der Waals surface area contributed by atoms with Crippen molar-refractivity contribution in [1.82, 2.24) is 10.6 Å². The van der Waals surface area contributed by atoms with Gasteiger partial charge in [-0.2, -0.15) is 0 Å². The van der Waals surface area contributed by atoms with E-state index < -0.39 is 12.0 Å². The van der Waals surface area contributed by atoms with Gasteiger partial charge in [0, 0.05) is 13.0 Å². The van der Waals surface area contributed by atoms with Crippen LogP contribution in [0.4, 0.5) is 0 Å². The number of aliphatic carboxylic acids is 1. The van der Waals surface area contributed by atoms with Crippen molar-refractivity contribution in [3.63, 3.8) is 0 Å². The first-order valence-electron chi connectivity index (χ1n) is 8.39. The van der Waals surface area contributed by atoms with E-state index in [1.807, 2.05) is 0 Å². The minimum atomic E-state index is -1.01. The summed E-state index contributed by atoms with van der Waals surface area (Å²) in [6.45, 7) is 5.56. The van der Waals surface area contributed by atoms with Gasteiger partial charge in [0.25, 0.3) is 0 Å². The van der Waals surface area contributed by atoms with E-state index in [-0.39, 0.29) is 11.8 Å². The third-order valence-corrected chi connectivity index (χ3v) is 3.56. The van der Waals surface area contributed by atoms with E-state index >= 15 is 0 Å². The van der Waals surface area contributed by atoms with Crippen LogP contribution >= 0.6 is 0 Å². The smallest absolute Gasteiger partial charge is 0.325 e. The van der Waals surface area contributed by atoms with Crippen molar-refractivity contribution in [1.29, 1.82) is 0 Å². The zero-order valence-electron chi connectivity index (χ0n) is 14.1. The molecule has 2 amide bonds. The van der Waals surface area contributed by atoms with Crippen molar-refractivity contribution >= 4 is 17.8 Å². The second-order valence-electron chi connectivity index (χ2n) is 5.70. The molecule has 0 aromatic carbocycles. The highest BCUT2D eigenvalue weighted by molar-refractivity contribution is 5.86. The number of carbonyl (C=O) groups excluding carboxylic acids is 2. The molecule has 6 heteroatoms. The Morgan fingerprint density at radius 2 is 1.52 bits per heavy atom. The quantitative estimate of drug-likeness (QED) is 0.337. The Morgan fingerprint density at radius 1 is 1.00 bits per heavy atom. The van der Waals surface area contributed by atoms with E-state index in [0.717, 1.165) is 51.4 Å². The van der Waals surface area contributed by atoms with Gasteiger partial charge in [-0.1, -0.05) is 45.1 Å². The normalized spacial score (nSPS) is 11.5. The molecule has 0 aliphatic carbocycles. The maximum Gasteiger partial charge on any atom is 0.325 e. The Bertz CT molecular complexity index is 383. The molecule has 1 atom stereocenters. The van der Waals surface area contributed by atoms with Gasteiger partial charge in [0.15, 0.2) is 0 Å². The van der Waals surface area contributed by atoms with Gasteiger partial charge in [-0.25, -0.2) is 0 Å². The fourth-order valence-corrected chi connectivity index (χ4v) is 2.13. The third-order valence-electron chi connectivity index (χ3n) is 3.56. The highest BCUT2D eigenvalue weighted by Crippen LogP contribution is 2.09. The van der Waals surface area contributed by atoms with Gasteiger partial charge in [-0.3, -0.25) is 14.4 Å². The minimum Gasteiger partial charge on any atom is -0.480 e. The van der Waals surface area contributed by atoms with Crippen LogP contribution in [0, 0.1) is 0 Å². The zero-order chi connectivity index (χ0) is 17.5. The maximum absolute atomic E-state index is 11.5. The van der Waals surface area contributed by atoms with E-state index in [1.54, 1.807) is 0 Å². The average Bonchev–Trinajstić information content (AvgIpc) is 2.51. The fourth-order valence-electron chi connectivity index (χ4n) is 2.13. The Morgan fingerprint density at radius 3 is 2.04 bits per heavy atom. The molecule has 0 aromatic heterocycles. The molecule has 0 rings (SSSR count). The Hall–Kier alpha value is -1.85. The summed E-state index contributed by atoms with van der Waals surface area (Å²) in [6, 6.07) is -0.821. The van der Waals surface area contributed by atoms with E-state index in [9.17, 15) is 14.4 Å². The lowest BCUT2D eigenvalue weighted by Crippen LogP contribution is -2.38. The number of amides is 2. The van der Waals surface area contributed by atoms with Crippen LogP contribution in [-0.4, -0.2) is 35.5 Å². The molecule has 23 heavy (non-hydrogen) atoms. The van der Waals surface area contributed by atoms with Crippen molar-refractivity contribution < 1.29 is 19.5 Å². The summed E-state index contributed by atoms with van der Waals surface area (Å²) in [5.74, 6) is -1.32. The summed E-state index contributed by atoms with van der Waals surface area (Å²) < 4.78 is 0. The highest BCUT2D eigenvalue weighted by Gasteiger charge is 2.12. The van der Waals surface area contributed by atoms with Gasteiger partial charge in [0.2, 0.25) is 11.8 Å². The number of nitrogens with one attached hydrogen (secondary N) is 2. The van der Waals surface area contributed by atoms with Crippen molar-refractivity contribution in [3.05, 3.63) is 12.7 Å². The molecule has 132 valence electrons. The molecule has 6 nitrogen and oxygen atoms in total. The predicted molar refractivity (Wildman–Crippen MR) is 90.0 cm³/mol. The number of hydrogen-bond acceptors (Lipinski definition) is 3. The number of carboxylic acids is 1. The van der Waals surface area contributed by atoms with Crippen LogP contribution in [0.15, 0.2) is 12.7 Å². The summed E-state index contributed by atoms with van der Waals surface area (Å²) in [7, 11) is 0. The molecule has 0 aliphatic rings. The predicted octanol–water partition coefficient (Wildman–Crippen LogP) is 2.39. The molecule has 0 bridgehead atoms. The van der Waals surface area contributed by atoms with Gasteiger partial charge >= 0.3 is 5.97 Å². The van der Waals surface area contributed by atoms with Crippen LogP contribution < -0.4 is 10.6 Å². The van der Waals surface area contributed by atoms with Crippen LogP contribution in [0.1, 0.15) is 64.7 Å². The molecule has 0 spiro atoms. The van der Waals surface area contributed by atoms with E-state index in [2.05, 4.69) is 17.2 Å². The molecule has 0 saturated heterocycles. The van der Waals surface area contributed by atoms with Gasteiger partial charge in [0.1, 0.15) is 6.04 Å². The largest absolute Gasteiger partial charge is 0.480 e. The Labute approximate surface area is 138 Å². The van der Waals surface area contributed by atoms with Crippen molar-refractivity contribution in [3.8, 4) is 0 Å². The molecule has 3 N–H and O–H groups in total. The van der Waals surface area contributed by atoms with Crippen LogP contribution in [-0.2, 0) is 14.4 Å². The van der Waals surface area contributed by atoms with Crippen LogP contribution in [0.3, 0.4) is 0 Å². The summed E-state index contributed by atoms with van der Waals surface area (Å²) in [5.41, 5.74) is 0. The lowest BCUT2D eigenvalue weighted by Gasteiger charge is -2.08. The monoisotopic (exact) mass is 326 g/mol. The average molecular weight is 326 g/mol. The second kappa shape index (κ2) is 13.8. The zero-order valence-corrected chi connectivity index (χ0v) is 14.1. The van der Waals surface area contributed by atoms with E-state index in [0.29, 0.717) is 13.0 Å². The van der Waals surface area contributed by atoms with E-state index in [1.165, 1.54) is 13.0 Å². The van der Waals surface area contributed by atoms with Gasteiger partial charge in [-0.05, 0) is 25.8 Å². The first-order chi connectivity index (χ1) is 11.0. The lowest BCUT2D eigenvalue weighted by molar-refractivity contribution is -0.141. The second-order valence-corrected chi connectivity index (χ2v) is 5.70. The van der Waals surface area contributed by atoms with Crippen LogP contribution in [0.5, 0.6) is 0 Å². The van der Waals surface area contributed by atoms with Gasteiger partial charge in [-0.15, -0.1) is 0 Å². The minimum absolute atomic E-state index is 0.119. The Balaban J connectivity index is 3.30. The molecule has 0 heterocycles. The van der Waals surface area contributed by atoms with Crippen LogP contribution in [0.2, 0.25) is 0 Å².